The first-order valence-corrected chi connectivity index (χ1v) is 6.88. The minimum Gasteiger partial charge on any atom is -0.393 e. The summed E-state index contributed by atoms with van der Waals surface area (Å²) >= 11 is 0. The summed E-state index contributed by atoms with van der Waals surface area (Å²) in [5.74, 6) is 0.107. The molecule has 1 aliphatic rings. The summed E-state index contributed by atoms with van der Waals surface area (Å²) in [6.45, 7) is 4.27. The van der Waals surface area contributed by atoms with E-state index in [9.17, 15) is 15.2 Å². The topological polar surface area (TPSA) is 73.1 Å². The van der Waals surface area contributed by atoms with Gasteiger partial charge in [-0.05, 0) is 32.1 Å². The van der Waals surface area contributed by atoms with Gasteiger partial charge in [-0.1, -0.05) is 26.2 Å². The van der Waals surface area contributed by atoms with Crippen LogP contribution in [0.1, 0.15) is 52.4 Å². The average Bonchev–Trinajstić information content (AvgIpc) is 2.36. The molecule has 1 aliphatic carbocycles. The zero-order valence-corrected chi connectivity index (χ0v) is 11.4. The van der Waals surface area contributed by atoms with E-state index < -0.39 is 5.41 Å². The Labute approximate surface area is 109 Å². The lowest BCUT2D eigenvalue weighted by molar-refractivity contribution is -0.129. The summed E-state index contributed by atoms with van der Waals surface area (Å²) in [6, 6.07) is 2.22. The molecular formula is C14H24N2O2. The van der Waals surface area contributed by atoms with Crippen LogP contribution in [0, 0.1) is 22.7 Å². The fraction of sp³-hybridized carbons (Fsp3) is 0.857. The zero-order chi connectivity index (χ0) is 13.6. The van der Waals surface area contributed by atoms with Gasteiger partial charge in [0.05, 0.1) is 12.2 Å². The Hall–Kier alpha value is -1.08. The van der Waals surface area contributed by atoms with Crippen LogP contribution < -0.4 is 5.32 Å². The number of hydrogen-bond donors (Lipinski definition) is 2. The van der Waals surface area contributed by atoms with Gasteiger partial charge >= 0.3 is 0 Å². The molecular weight excluding hydrogens is 228 g/mol. The van der Waals surface area contributed by atoms with Crippen LogP contribution in [0.5, 0.6) is 0 Å². The zero-order valence-electron chi connectivity index (χ0n) is 11.4. The largest absolute Gasteiger partial charge is 0.393 e. The molecule has 0 aromatic rings. The van der Waals surface area contributed by atoms with Crippen molar-refractivity contribution in [2.75, 3.05) is 6.54 Å². The lowest BCUT2D eigenvalue weighted by Gasteiger charge is -2.29. The molecule has 1 amide bonds. The molecule has 1 saturated carbocycles. The van der Waals surface area contributed by atoms with Gasteiger partial charge < -0.3 is 10.4 Å². The van der Waals surface area contributed by atoms with Crippen LogP contribution in [0.4, 0.5) is 0 Å². The van der Waals surface area contributed by atoms with Crippen molar-refractivity contribution < 1.29 is 9.90 Å². The second kappa shape index (κ2) is 6.75. The van der Waals surface area contributed by atoms with E-state index in [2.05, 4.69) is 11.4 Å². The fourth-order valence-corrected chi connectivity index (χ4v) is 2.65. The SMILES string of the molecule is CC(O)CC(C)CNC(=O)C1(C#N)CCCCC1. The van der Waals surface area contributed by atoms with Crippen LogP contribution in [0.15, 0.2) is 0 Å². The summed E-state index contributed by atoms with van der Waals surface area (Å²) in [6.07, 6.45) is 4.72. The first-order valence-electron chi connectivity index (χ1n) is 6.88. The van der Waals surface area contributed by atoms with Crippen LogP contribution in [-0.4, -0.2) is 23.7 Å². The van der Waals surface area contributed by atoms with Crippen LogP contribution >= 0.6 is 0 Å². The number of amides is 1. The molecule has 4 nitrogen and oxygen atoms in total. The van der Waals surface area contributed by atoms with Gasteiger partial charge in [0.2, 0.25) is 5.91 Å². The van der Waals surface area contributed by atoms with Crippen LogP contribution in [0.25, 0.3) is 0 Å². The Morgan fingerprint density at radius 1 is 1.39 bits per heavy atom. The van der Waals surface area contributed by atoms with Gasteiger partial charge in [0, 0.05) is 6.54 Å². The molecule has 2 unspecified atom stereocenters. The van der Waals surface area contributed by atoms with Gasteiger partial charge in [0.15, 0.2) is 0 Å². The molecule has 0 aliphatic heterocycles. The maximum absolute atomic E-state index is 12.1. The Morgan fingerprint density at radius 2 is 2.00 bits per heavy atom. The minimum absolute atomic E-state index is 0.123. The van der Waals surface area contributed by atoms with E-state index in [0.29, 0.717) is 25.8 Å². The van der Waals surface area contributed by atoms with E-state index in [1.807, 2.05) is 6.92 Å². The first-order chi connectivity index (χ1) is 8.50. The Kier molecular flexibility index (Phi) is 5.61. The molecule has 2 atom stereocenters. The van der Waals surface area contributed by atoms with Crippen molar-refractivity contribution in [3.8, 4) is 6.07 Å². The molecule has 0 aromatic carbocycles. The van der Waals surface area contributed by atoms with Crippen LogP contribution in [-0.2, 0) is 4.79 Å². The lowest BCUT2D eigenvalue weighted by Crippen LogP contribution is -2.43. The third-order valence-electron chi connectivity index (χ3n) is 3.71. The maximum Gasteiger partial charge on any atom is 0.240 e. The normalized spacial score (nSPS) is 21.7. The summed E-state index contributed by atoms with van der Waals surface area (Å²) < 4.78 is 0. The highest BCUT2D eigenvalue weighted by Gasteiger charge is 2.39. The smallest absolute Gasteiger partial charge is 0.240 e. The second-order valence-corrected chi connectivity index (χ2v) is 5.65. The molecule has 0 aromatic heterocycles. The number of nitriles is 1. The number of aliphatic hydroxyl groups excluding tert-OH is 1. The van der Waals surface area contributed by atoms with Gasteiger partial charge in [-0.25, -0.2) is 0 Å². The van der Waals surface area contributed by atoms with Crippen LogP contribution in [0.3, 0.4) is 0 Å². The minimum atomic E-state index is -0.803. The van der Waals surface area contributed by atoms with Crippen molar-refractivity contribution in [2.24, 2.45) is 11.3 Å². The quantitative estimate of drug-likeness (QED) is 0.785. The monoisotopic (exact) mass is 252 g/mol. The van der Waals surface area contributed by atoms with Gasteiger partial charge in [0.1, 0.15) is 5.41 Å². The Morgan fingerprint density at radius 3 is 2.50 bits per heavy atom. The van der Waals surface area contributed by atoms with Gasteiger partial charge in [0.25, 0.3) is 0 Å². The number of aliphatic hydroxyl groups is 1. The second-order valence-electron chi connectivity index (χ2n) is 5.65. The molecule has 0 heterocycles. The summed E-state index contributed by atoms with van der Waals surface area (Å²) in [7, 11) is 0. The predicted octanol–water partition coefficient (Wildman–Crippen LogP) is 1.98. The van der Waals surface area contributed by atoms with Crippen molar-refractivity contribution in [3.05, 3.63) is 0 Å². The molecule has 18 heavy (non-hydrogen) atoms. The number of carbonyl (C=O) groups excluding carboxylic acids is 1. The van der Waals surface area contributed by atoms with Crippen molar-refractivity contribution in [2.45, 2.75) is 58.5 Å². The maximum atomic E-state index is 12.1. The van der Waals surface area contributed by atoms with Crippen molar-refractivity contribution in [1.82, 2.24) is 5.32 Å². The number of nitrogens with zero attached hydrogens (tertiary/aromatic N) is 1. The standard InChI is InChI=1S/C14H24N2O2/c1-11(8-12(2)17)9-16-13(18)14(10-15)6-4-3-5-7-14/h11-12,17H,3-9H2,1-2H3,(H,16,18). The van der Waals surface area contributed by atoms with Crippen LogP contribution in [0.2, 0.25) is 0 Å². The lowest BCUT2D eigenvalue weighted by atomic mass is 9.74. The van der Waals surface area contributed by atoms with Crippen molar-refractivity contribution in [1.29, 1.82) is 5.26 Å². The predicted molar refractivity (Wildman–Crippen MR) is 69.6 cm³/mol. The van der Waals surface area contributed by atoms with Crippen molar-refractivity contribution >= 4 is 5.91 Å². The molecule has 0 bridgehead atoms. The number of hydrogen-bond acceptors (Lipinski definition) is 3. The molecule has 1 rings (SSSR count). The average molecular weight is 252 g/mol. The number of rotatable bonds is 5. The fourth-order valence-electron chi connectivity index (χ4n) is 2.65. The van der Waals surface area contributed by atoms with Crippen molar-refractivity contribution in [3.63, 3.8) is 0 Å². The van der Waals surface area contributed by atoms with Gasteiger partial charge in [-0.2, -0.15) is 5.26 Å². The van der Waals surface area contributed by atoms with E-state index in [-0.39, 0.29) is 17.9 Å². The summed E-state index contributed by atoms with van der Waals surface area (Å²) in [4.78, 5) is 12.1. The first kappa shape index (κ1) is 15.0. The highest BCUT2D eigenvalue weighted by atomic mass is 16.3. The highest BCUT2D eigenvalue weighted by Crippen LogP contribution is 2.35. The Balaban J connectivity index is 2.46. The molecule has 0 saturated heterocycles. The molecule has 1 fully saturated rings. The van der Waals surface area contributed by atoms with E-state index in [0.717, 1.165) is 19.3 Å². The molecule has 102 valence electrons. The van der Waals surface area contributed by atoms with E-state index in [1.165, 1.54) is 0 Å². The van der Waals surface area contributed by atoms with E-state index in [1.54, 1.807) is 6.92 Å². The molecule has 0 spiro atoms. The summed E-state index contributed by atoms with van der Waals surface area (Å²) in [5.41, 5.74) is -0.803. The molecule has 0 radical (unpaired) electrons. The third kappa shape index (κ3) is 3.99. The third-order valence-corrected chi connectivity index (χ3v) is 3.71. The number of nitrogens with one attached hydrogen (secondary N) is 1. The number of carbonyl (C=O) groups is 1. The highest BCUT2D eigenvalue weighted by molar-refractivity contribution is 5.85. The van der Waals surface area contributed by atoms with Gasteiger partial charge in [-0.15, -0.1) is 0 Å². The molecule has 2 N–H and O–H groups in total. The van der Waals surface area contributed by atoms with Gasteiger partial charge in [-0.3, -0.25) is 4.79 Å². The molecule has 4 heteroatoms. The summed E-state index contributed by atoms with van der Waals surface area (Å²) in [5, 5.41) is 21.4. The van der Waals surface area contributed by atoms with E-state index >= 15 is 0 Å². The van der Waals surface area contributed by atoms with E-state index in [4.69, 9.17) is 0 Å². The Bertz CT molecular complexity index is 314.